The van der Waals surface area contributed by atoms with Gasteiger partial charge in [-0.15, -0.1) is 0 Å². The molecular formula is C24H29N3O3. The second-order valence-electron chi connectivity index (χ2n) is 8.01. The summed E-state index contributed by atoms with van der Waals surface area (Å²) >= 11 is 0. The van der Waals surface area contributed by atoms with Crippen LogP contribution in [0.1, 0.15) is 42.8 Å². The van der Waals surface area contributed by atoms with Gasteiger partial charge in [0.15, 0.2) is 0 Å². The number of benzene rings is 2. The van der Waals surface area contributed by atoms with Crippen molar-refractivity contribution in [2.75, 3.05) is 13.2 Å². The topological polar surface area (TPSA) is 65.4 Å². The molecule has 1 amide bonds. The second kappa shape index (κ2) is 8.88. The van der Waals surface area contributed by atoms with Gasteiger partial charge in [0.1, 0.15) is 24.3 Å². The lowest BCUT2D eigenvalue weighted by atomic mass is 10.1. The molecule has 1 aromatic heterocycles. The molecule has 4 rings (SSSR count). The number of amides is 1. The van der Waals surface area contributed by atoms with Crippen molar-refractivity contribution in [3.8, 4) is 5.75 Å². The summed E-state index contributed by atoms with van der Waals surface area (Å²) < 4.78 is 13.7. The van der Waals surface area contributed by atoms with Gasteiger partial charge < -0.3 is 19.4 Å². The predicted molar refractivity (Wildman–Crippen MR) is 117 cm³/mol. The van der Waals surface area contributed by atoms with Gasteiger partial charge in [-0.3, -0.25) is 4.79 Å². The third kappa shape index (κ3) is 4.49. The third-order valence-corrected chi connectivity index (χ3v) is 5.43. The zero-order valence-corrected chi connectivity index (χ0v) is 17.9. The van der Waals surface area contributed by atoms with Crippen molar-refractivity contribution in [1.82, 2.24) is 14.9 Å². The van der Waals surface area contributed by atoms with E-state index in [0.717, 1.165) is 35.4 Å². The van der Waals surface area contributed by atoms with E-state index in [-0.39, 0.29) is 18.1 Å². The minimum absolute atomic E-state index is 0.0647. The van der Waals surface area contributed by atoms with Crippen LogP contribution in [-0.2, 0) is 16.1 Å². The molecule has 1 N–H and O–H groups in total. The van der Waals surface area contributed by atoms with Gasteiger partial charge in [-0.25, -0.2) is 4.98 Å². The highest BCUT2D eigenvalue weighted by molar-refractivity contribution is 5.81. The minimum Gasteiger partial charge on any atom is -0.492 e. The number of aryl methyl sites for hydroxylation is 2. The van der Waals surface area contributed by atoms with Gasteiger partial charge in [0, 0.05) is 6.61 Å². The van der Waals surface area contributed by atoms with E-state index < -0.39 is 0 Å². The Hall–Kier alpha value is -2.86. The molecule has 3 aromatic rings. The quantitative estimate of drug-likeness (QED) is 0.641. The molecule has 6 nitrogen and oxygen atoms in total. The lowest BCUT2D eigenvalue weighted by Crippen LogP contribution is -2.36. The fourth-order valence-electron chi connectivity index (χ4n) is 4.09. The Morgan fingerprint density at radius 2 is 2.03 bits per heavy atom. The van der Waals surface area contributed by atoms with E-state index in [0.29, 0.717) is 19.8 Å². The van der Waals surface area contributed by atoms with Gasteiger partial charge in [-0.05, 0) is 69.0 Å². The molecule has 0 radical (unpaired) electrons. The molecule has 1 saturated heterocycles. The van der Waals surface area contributed by atoms with Crippen molar-refractivity contribution in [2.24, 2.45) is 0 Å². The molecule has 158 valence electrons. The summed E-state index contributed by atoms with van der Waals surface area (Å²) in [6.45, 7) is 7.92. The number of nitrogens with zero attached hydrogens (tertiary/aromatic N) is 2. The first-order chi connectivity index (χ1) is 14.5. The number of aromatic nitrogens is 2. The van der Waals surface area contributed by atoms with Gasteiger partial charge in [0.05, 0.1) is 23.6 Å². The molecule has 0 spiro atoms. The molecule has 0 saturated carbocycles. The highest BCUT2D eigenvalue weighted by Crippen LogP contribution is 2.22. The van der Waals surface area contributed by atoms with Gasteiger partial charge in [-0.1, -0.05) is 18.2 Å². The maximum absolute atomic E-state index is 12.5. The molecule has 1 aliphatic rings. The summed E-state index contributed by atoms with van der Waals surface area (Å²) in [5, 5.41) is 3.07. The number of carbonyl (C=O) groups excluding carboxylic acids is 1. The van der Waals surface area contributed by atoms with Crippen LogP contribution in [0.5, 0.6) is 5.75 Å². The first-order valence-corrected chi connectivity index (χ1v) is 10.6. The standard InChI is InChI=1S/C24H29N3O3/c1-16-13-17(2)15-19(14-16)29-12-10-27-21-8-5-4-7-20(21)26-23(27)18(3)25-24(28)22-9-6-11-30-22/h4-5,7-8,13-15,18,22H,6,9-12H2,1-3H3,(H,25,28). The van der Waals surface area contributed by atoms with E-state index >= 15 is 0 Å². The van der Waals surface area contributed by atoms with Gasteiger partial charge in [0.2, 0.25) is 5.91 Å². The molecule has 30 heavy (non-hydrogen) atoms. The molecule has 2 heterocycles. The van der Waals surface area contributed by atoms with E-state index in [2.05, 4.69) is 35.9 Å². The van der Waals surface area contributed by atoms with Gasteiger partial charge >= 0.3 is 0 Å². The fraction of sp³-hybridized carbons (Fsp3) is 0.417. The Morgan fingerprint density at radius 3 is 2.77 bits per heavy atom. The highest BCUT2D eigenvalue weighted by atomic mass is 16.5. The van der Waals surface area contributed by atoms with Crippen LogP contribution < -0.4 is 10.1 Å². The van der Waals surface area contributed by atoms with E-state index in [1.54, 1.807) is 0 Å². The second-order valence-corrected chi connectivity index (χ2v) is 8.01. The molecule has 1 aliphatic heterocycles. The Kier molecular flexibility index (Phi) is 6.04. The van der Waals surface area contributed by atoms with Crippen LogP contribution in [0.15, 0.2) is 42.5 Å². The summed E-state index contributed by atoms with van der Waals surface area (Å²) in [6.07, 6.45) is 1.36. The zero-order chi connectivity index (χ0) is 21.1. The van der Waals surface area contributed by atoms with Crippen LogP contribution in [0.25, 0.3) is 11.0 Å². The van der Waals surface area contributed by atoms with Gasteiger partial charge in [-0.2, -0.15) is 0 Å². The zero-order valence-electron chi connectivity index (χ0n) is 17.9. The van der Waals surface area contributed by atoms with Crippen molar-refractivity contribution in [2.45, 2.75) is 52.3 Å². The average Bonchev–Trinajstić information content (AvgIpc) is 3.36. The highest BCUT2D eigenvalue weighted by Gasteiger charge is 2.26. The van der Waals surface area contributed by atoms with E-state index in [9.17, 15) is 4.79 Å². The molecule has 2 aromatic carbocycles. The number of para-hydroxylation sites is 2. The number of rotatable bonds is 7. The summed E-state index contributed by atoms with van der Waals surface area (Å²) in [7, 11) is 0. The maximum atomic E-state index is 12.5. The molecular weight excluding hydrogens is 378 g/mol. The normalized spacial score (nSPS) is 17.2. The number of fused-ring (bicyclic) bond motifs is 1. The van der Waals surface area contributed by atoms with Crippen molar-refractivity contribution in [3.05, 3.63) is 59.4 Å². The third-order valence-electron chi connectivity index (χ3n) is 5.43. The monoisotopic (exact) mass is 407 g/mol. The average molecular weight is 408 g/mol. The van der Waals surface area contributed by atoms with Gasteiger partial charge in [0.25, 0.3) is 0 Å². The predicted octanol–water partition coefficient (Wildman–Crippen LogP) is 4.09. The number of hydrogen-bond donors (Lipinski definition) is 1. The first-order valence-electron chi connectivity index (χ1n) is 10.6. The summed E-state index contributed by atoms with van der Waals surface area (Å²) in [6, 6.07) is 14.0. The Morgan fingerprint density at radius 1 is 1.27 bits per heavy atom. The van der Waals surface area contributed by atoms with Crippen LogP contribution in [0.2, 0.25) is 0 Å². The van der Waals surface area contributed by atoms with Crippen molar-refractivity contribution < 1.29 is 14.3 Å². The minimum atomic E-state index is -0.349. The number of carbonyl (C=O) groups is 1. The van der Waals surface area contributed by atoms with Crippen molar-refractivity contribution in [1.29, 1.82) is 0 Å². The smallest absolute Gasteiger partial charge is 0.249 e. The first kappa shape index (κ1) is 20.4. The summed E-state index contributed by atoms with van der Waals surface area (Å²) in [4.78, 5) is 17.3. The van der Waals surface area contributed by atoms with E-state index in [1.165, 1.54) is 11.1 Å². The molecule has 2 unspecified atom stereocenters. The van der Waals surface area contributed by atoms with Crippen molar-refractivity contribution in [3.63, 3.8) is 0 Å². The number of ether oxygens (including phenoxy) is 2. The fourth-order valence-corrected chi connectivity index (χ4v) is 4.09. The molecule has 0 bridgehead atoms. The largest absolute Gasteiger partial charge is 0.492 e. The van der Waals surface area contributed by atoms with Crippen LogP contribution in [0, 0.1) is 13.8 Å². The Balaban J connectivity index is 1.51. The number of imidazole rings is 1. The summed E-state index contributed by atoms with van der Waals surface area (Å²) in [5.41, 5.74) is 4.32. The van der Waals surface area contributed by atoms with Crippen LogP contribution >= 0.6 is 0 Å². The Bertz CT molecular complexity index is 1020. The van der Waals surface area contributed by atoms with Crippen LogP contribution in [-0.4, -0.2) is 34.8 Å². The SMILES string of the molecule is Cc1cc(C)cc(OCCn2c(C(C)NC(=O)C3CCCO3)nc3ccccc32)c1. The maximum Gasteiger partial charge on any atom is 0.249 e. The number of nitrogens with one attached hydrogen (secondary N) is 1. The van der Waals surface area contributed by atoms with Crippen molar-refractivity contribution >= 4 is 16.9 Å². The molecule has 6 heteroatoms. The van der Waals surface area contributed by atoms with E-state index in [1.807, 2.05) is 37.3 Å². The molecule has 1 fully saturated rings. The molecule has 2 atom stereocenters. The summed E-state index contributed by atoms with van der Waals surface area (Å²) in [5.74, 6) is 1.63. The lowest BCUT2D eigenvalue weighted by Gasteiger charge is -2.18. The lowest BCUT2D eigenvalue weighted by molar-refractivity contribution is -0.130. The number of hydrogen-bond acceptors (Lipinski definition) is 4. The van der Waals surface area contributed by atoms with Crippen LogP contribution in [0.4, 0.5) is 0 Å². The molecule has 0 aliphatic carbocycles. The van der Waals surface area contributed by atoms with E-state index in [4.69, 9.17) is 14.5 Å². The van der Waals surface area contributed by atoms with Crippen LogP contribution in [0.3, 0.4) is 0 Å². The Labute approximate surface area is 177 Å².